The molecule has 2 aromatic carbocycles. The van der Waals surface area contributed by atoms with Gasteiger partial charge in [-0.2, -0.15) is 0 Å². The maximum Gasteiger partial charge on any atom is 0.410 e. The van der Waals surface area contributed by atoms with Crippen LogP contribution in [0.15, 0.2) is 60.7 Å². The Balaban J connectivity index is 1.07. The molecule has 2 saturated carbocycles. The molecule has 7 heteroatoms. The van der Waals surface area contributed by atoms with Crippen molar-refractivity contribution in [2.75, 3.05) is 26.2 Å². The molecule has 41 heavy (non-hydrogen) atoms. The van der Waals surface area contributed by atoms with E-state index in [1.807, 2.05) is 42.2 Å². The average Bonchev–Trinajstić information content (AvgIpc) is 3.57. The molecule has 5 unspecified atom stereocenters. The molecule has 0 radical (unpaired) electrons. The van der Waals surface area contributed by atoms with Gasteiger partial charge in [-0.3, -0.25) is 0 Å². The predicted octanol–water partition coefficient (Wildman–Crippen LogP) is 6.01. The minimum absolute atomic E-state index is 0.166. The molecule has 1 N–H and O–H groups in total. The second-order valence-corrected chi connectivity index (χ2v) is 12.6. The lowest BCUT2D eigenvalue weighted by atomic mass is 9.88. The zero-order valence-corrected chi connectivity index (χ0v) is 24.5. The number of piperidine rings is 1. The largest absolute Gasteiger partial charge is 0.445 e. The Morgan fingerprint density at radius 1 is 0.951 bits per heavy atom. The topological polar surface area (TPSA) is 65.1 Å². The summed E-state index contributed by atoms with van der Waals surface area (Å²) < 4.78 is 5.67. The number of ether oxygens (including phenoxy) is 1. The van der Waals surface area contributed by atoms with Gasteiger partial charge in [-0.15, -0.1) is 0 Å². The molecule has 4 fully saturated rings. The van der Waals surface area contributed by atoms with Crippen LogP contribution < -0.4 is 5.32 Å². The lowest BCUT2D eigenvalue weighted by Crippen LogP contribution is -2.48. The number of hydrogen-bond acceptors (Lipinski definition) is 4. The zero-order chi connectivity index (χ0) is 28.2. The number of benzene rings is 2. The molecular weight excluding hydrogens is 512 g/mol. The number of amides is 3. The Hall–Kier alpha value is -3.06. The van der Waals surface area contributed by atoms with Crippen molar-refractivity contribution < 1.29 is 14.3 Å². The molecule has 0 spiro atoms. The first-order chi connectivity index (χ1) is 20.1. The highest BCUT2D eigenvalue weighted by molar-refractivity contribution is 5.78. The second-order valence-electron chi connectivity index (χ2n) is 12.6. The zero-order valence-electron chi connectivity index (χ0n) is 24.5. The summed E-state index contributed by atoms with van der Waals surface area (Å²) >= 11 is 0. The van der Waals surface area contributed by atoms with Crippen molar-refractivity contribution in [2.24, 2.45) is 5.92 Å². The fourth-order valence-corrected chi connectivity index (χ4v) is 8.15. The predicted molar refractivity (Wildman–Crippen MR) is 161 cm³/mol. The van der Waals surface area contributed by atoms with Gasteiger partial charge in [0.2, 0.25) is 0 Å². The third-order valence-corrected chi connectivity index (χ3v) is 10.2. The Morgan fingerprint density at radius 3 is 2.39 bits per heavy atom. The summed E-state index contributed by atoms with van der Waals surface area (Å²) in [5, 5.41) is 3.32. The minimum atomic E-state index is -0.206. The van der Waals surface area contributed by atoms with Crippen molar-refractivity contribution in [3.05, 3.63) is 71.8 Å². The molecule has 2 saturated heterocycles. The molecule has 2 aromatic rings. The molecule has 5 atom stereocenters. The molecule has 4 aliphatic rings. The second kappa shape index (κ2) is 12.8. The molecular formula is C34H46N4O3. The van der Waals surface area contributed by atoms with E-state index in [9.17, 15) is 9.59 Å². The molecule has 2 heterocycles. The number of nitrogens with zero attached hydrogens (tertiary/aromatic N) is 3. The lowest BCUT2D eigenvalue weighted by Gasteiger charge is -2.39. The van der Waals surface area contributed by atoms with Crippen molar-refractivity contribution >= 4 is 12.1 Å². The van der Waals surface area contributed by atoms with Crippen molar-refractivity contribution in [1.29, 1.82) is 0 Å². The molecule has 0 aromatic heterocycles. The lowest BCUT2D eigenvalue weighted by molar-refractivity contribution is 0.0599. The smallest absolute Gasteiger partial charge is 0.410 e. The molecule has 6 rings (SSSR count). The van der Waals surface area contributed by atoms with Gasteiger partial charge in [-0.1, -0.05) is 73.5 Å². The molecule has 0 bridgehead atoms. The van der Waals surface area contributed by atoms with Crippen LogP contribution >= 0.6 is 0 Å². The number of carbonyl (C=O) groups excluding carboxylic acids is 2. The quantitative estimate of drug-likeness (QED) is 0.431. The van der Waals surface area contributed by atoms with Crippen molar-refractivity contribution in [3.8, 4) is 0 Å². The number of rotatable bonds is 8. The number of fused-ring (bicyclic) bond motifs is 1. The number of urea groups is 1. The van der Waals surface area contributed by atoms with Crippen LogP contribution in [0.4, 0.5) is 9.59 Å². The van der Waals surface area contributed by atoms with Gasteiger partial charge in [0, 0.05) is 38.3 Å². The van der Waals surface area contributed by atoms with Crippen LogP contribution in [0.25, 0.3) is 0 Å². The van der Waals surface area contributed by atoms with Crippen LogP contribution in [-0.4, -0.2) is 77.2 Å². The van der Waals surface area contributed by atoms with Gasteiger partial charge in [0.25, 0.3) is 0 Å². The van der Waals surface area contributed by atoms with Gasteiger partial charge >= 0.3 is 12.1 Å². The first-order valence-corrected chi connectivity index (χ1v) is 15.9. The molecule has 3 amide bonds. The van der Waals surface area contributed by atoms with Crippen LogP contribution in [-0.2, 0) is 11.3 Å². The summed E-state index contributed by atoms with van der Waals surface area (Å²) in [5.41, 5.74) is 2.42. The van der Waals surface area contributed by atoms with Crippen LogP contribution in [0.2, 0.25) is 0 Å². The average molecular weight is 559 g/mol. The first-order valence-electron chi connectivity index (χ1n) is 15.9. The number of carbonyl (C=O) groups is 2. The maximum absolute atomic E-state index is 13.1. The van der Waals surface area contributed by atoms with Crippen LogP contribution in [0.3, 0.4) is 0 Å². The normalized spacial score (nSPS) is 28.8. The number of likely N-dealkylation sites (tertiary alicyclic amines) is 1. The van der Waals surface area contributed by atoms with E-state index in [4.69, 9.17) is 4.74 Å². The monoisotopic (exact) mass is 558 g/mol. The summed E-state index contributed by atoms with van der Waals surface area (Å²) in [7, 11) is 0. The van der Waals surface area contributed by atoms with Gasteiger partial charge in [-0.25, -0.2) is 9.59 Å². The minimum Gasteiger partial charge on any atom is -0.445 e. The molecule has 2 aliphatic heterocycles. The highest BCUT2D eigenvalue weighted by Crippen LogP contribution is 2.45. The van der Waals surface area contributed by atoms with Gasteiger partial charge in [0.05, 0.1) is 12.1 Å². The third-order valence-electron chi connectivity index (χ3n) is 10.2. The van der Waals surface area contributed by atoms with Crippen LogP contribution in [0, 0.1) is 5.92 Å². The van der Waals surface area contributed by atoms with Gasteiger partial charge < -0.3 is 24.8 Å². The maximum atomic E-state index is 13.1. The van der Waals surface area contributed by atoms with E-state index >= 15 is 0 Å². The fourth-order valence-electron chi connectivity index (χ4n) is 8.15. The highest BCUT2D eigenvalue weighted by Gasteiger charge is 2.48. The number of nitrogens with one attached hydrogen (secondary N) is 1. The van der Waals surface area contributed by atoms with E-state index in [-0.39, 0.29) is 18.2 Å². The molecule has 220 valence electrons. The molecule has 7 nitrogen and oxygen atoms in total. The van der Waals surface area contributed by atoms with Gasteiger partial charge in [0.1, 0.15) is 6.61 Å². The van der Waals surface area contributed by atoms with E-state index in [1.54, 1.807) is 0 Å². The SMILES string of the molecule is CCN(C(=O)OCc1ccccc1)C1CCN(CC2CC(N3C(=O)NC4CCCCC43)CC2c2ccccc2)CC1. The van der Waals surface area contributed by atoms with Crippen molar-refractivity contribution in [2.45, 2.75) is 95.0 Å². The Morgan fingerprint density at radius 2 is 1.66 bits per heavy atom. The number of hydrogen-bond donors (Lipinski definition) is 1. The van der Waals surface area contributed by atoms with E-state index in [1.165, 1.54) is 18.4 Å². The first kappa shape index (κ1) is 28.1. The van der Waals surface area contributed by atoms with Crippen molar-refractivity contribution in [1.82, 2.24) is 20.0 Å². The van der Waals surface area contributed by atoms with E-state index in [0.29, 0.717) is 43.1 Å². The van der Waals surface area contributed by atoms with Gasteiger partial charge in [-0.05, 0) is 68.4 Å². The van der Waals surface area contributed by atoms with Gasteiger partial charge in [0.15, 0.2) is 0 Å². The third kappa shape index (κ3) is 6.25. The Labute approximate surface area is 245 Å². The van der Waals surface area contributed by atoms with Crippen LogP contribution in [0.5, 0.6) is 0 Å². The summed E-state index contributed by atoms with van der Waals surface area (Å²) in [5.74, 6) is 0.988. The summed E-state index contributed by atoms with van der Waals surface area (Å²) in [6.45, 7) is 6.06. The van der Waals surface area contributed by atoms with E-state index in [0.717, 1.165) is 63.7 Å². The fraction of sp³-hybridized carbons (Fsp3) is 0.588. The Kier molecular flexibility index (Phi) is 8.80. The van der Waals surface area contributed by atoms with Crippen LogP contribution in [0.1, 0.15) is 75.3 Å². The summed E-state index contributed by atoms with van der Waals surface area (Å²) in [6, 6.07) is 22.3. The Bertz CT molecular complexity index is 1150. The van der Waals surface area contributed by atoms with Crippen molar-refractivity contribution in [3.63, 3.8) is 0 Å². The van der Waals surface area contributed by atoms with E-state index in [2.05, 4.69) is 45.4 Å². The summed E-state index contributed by atoms with van der Waals surface area (Å²) in [6.07, 6.45) is 8.58. The van der Waals surface area contributed by atoms with E-state index < -0.39 is 0 Å². The highest BCUT2D eigenvalue weighted by atomic mass is 16.6. The standard InChI is InChI=1S/C34H46N4O3/c1-2-37(34(40)41-24-25-11-5-3-6-12-25)28-17-19-36(20-18-28)23-27-21-29(22-30(27)26-13-7-4-8-14-26)38-32-16-10-9-15-31(32)35-33(38)39/h3-8,11-14,27-32H,2,9-10,15-24H2,1H3,(H,35,39). The molecule has 2 aliphatic carbocycles. The summed E-state index contributed by atoms with van der Waals surface area (Å²) in [4.78, 5) is 32.9.